The van der Waals surface area contributed by atoms with Crippen molar-refractivity contribution < 1.29 is 24.1 Å². The van der Waals surface area contributed by atoms with E-state index in [2.05, 4.69) is 10.3 Å². The van der Waals surface area contributed by atoms with Gasteiger partial charge in [0.1, 0.15) is 5.41 Å². The van der Waals surface area contributed by atoms with Gasteiger partial charge in [-0.3, -0.25) is 40.1 Å². The number of amides is 5. The third-order valence-electron chi connectivity index (χ3n) is 4.63. The Morgan fingerprint density at radius 1 is 1.07 bits per heavy atom. The largest absolute Gasteiger partial charge is 0.344 e. The quantitative estimate of drug-likeness (QED) is 0.382. The van der Waals surface area contributed by atoms with Crippen LogP contribution in [-0.2, 0) is 9.59 Å². The minimum absolute atomic E-state index is 0.0889. The van der Waals surface area contributed by atoms with E-state index < -0.39 is 40.1 Å². The van der Waals surface area contributed by atoms with Crippen LogP contribution in [0.25, 0.3) is 0 Å². The summed E-state index contributed by atoms with van der Waals surface area (Å²) in [5.74, 6) is -2.42. The van der Waals surface area contributed by atoms with Gasteiger partial charge in [0, 0.05) is 30.1 Å². The van der Waals surface area contributed by atoms with Gasteiger partial charge in [-0.1, -0.05) is 0 Å². The van der Waals surface area contributed by atoms with Crippen molar-refractivity contribution in [3.8, 4) is 0 Å². The fourth-order valence-electron chi connectivity index (χ4n) is 2.93. The number of nitro groups is 1. The third-order valence-corrected chi connectivity index (χ3v) is 4.63. The molecule has 1 aromatic carbocycles. The van der Waals surface area contributed by atoms with E-state index in [1.165, 1.54) is 43.6 Å². The molecule has 1 saturated heterocycles. The van der Waals surface area contributed by atoms with Gasteiger partial charge in [-0.15, -0.1) is 0 Å². The summed E-state index contributed by atoms with van der Waals surface area (Å²) in [6, 6.07) is 5.77. The van der Waals surface area contributed by atoms with Crippen LogP contribution in [-0.4, -0.2) is 33.7 Å². The summed E-state index contributed by atoms with van der Waals surface area (Å²) >= 11 is 0. The zero-order chi connectivity index (χ0) is 21.2. The van der Waals surface area contributed by atoms with E-state index in [9.17, 15) is 29.3 Å². The Labute approximate surface area is 163 Å². The van der Waals surface area contributed by atoms with Crippen LogP contribution in [0.4, 0.5) is 10.5 Å². The van der Waals surface area contributed by atoms with Crippen LogP contribution in [0.2, 0.25) is 0 Å². The summed E-state index contributed by atoms with van der Waals surface area (Å²) < 4.78 is 0. The lowest BCUT2D eigenvalue weighted by Crippen LogP contribution is -2.65. The molecule has 2 heterocycles. The van der Waals surface area contributed by atoms with Crippen LogP contribution in [0.1, 0.15) is 28.9 Å². The first-order valence-electron chi connectivity index (χ1n) is 8.35. The molecule has 11 nitrogen and oxygen atoms in total. The van der Waals surface area contributed by atoms with E-state index in [-0.39, 0.29) is 11.3 Å². The number of carbonyl (C=O) groups excluding carboxylic acids is 4. The minimum Gasteiger partial charge on any atom is -0.344 e. The number of aromatic nitrogens is 1. The highest BCUT2D eigenvalue weighted by atomic mass is 16.6. The molecule has 0 radical (unpaired) electrons. The standard InChI is InChI=1S/C18H15N5O6/c1-18(15(25)21-17(27)22-16(18)26)13(10-6-8-19-9-7-10)20-14(24)11-2-4-12(5-3-11)23(28)29/h2-9,13H,1H3,(H,20,24)(H2,21,22,25,26,27). The number of barbiturate groups is 1. The molecule has 0 bridgehead atoms. The van der Waals surface area contributed by atoms with Crippen molar-refractivity contribution in [1.82, 2.24) is 20.9 Å². The number of urea groups is 1. The fraction of sp³-hybridized carbons (Fsp3) is 0.167. The van der Waals surface area contributed by atoms with Gasteiger partial charge < -0.3 is 5.32 Å². The number of benzene rings is 1. The van der Waals surface area contributed by atoms with E-state index in [4.69, 9.17) is 0 Å². The molecule has 0 saturated carbocycles. The molecule has 29 heavy (non-hydrogen) atoms. The van der Waals surface area contributed by atoms with Crippen molar-refractivity contribution in [2.24, 2.45) is 5.41 Å². The van der Waals surface area contributed by atoms with E-state index >= 15 is 0 Å². The lowest BCUT2D eigenvalue weighted by molar-refractivity contribution is -0.384. The fourth-order valence-corrected chi connectivity index (χ4v) is 2.93. The number of rotatable bonds is 5. The molecule has 148 valence electrons. The maximum absolute atomic E-state index is 12.7. The summed E-state index contributed by atoms with van der Waals surface area (Å²) in [6.45, 7) is 1.30. The Morgan fingerprint density at radius 3 is 2.14 bits per heavy atom. The number of nitrogens with one attached hydrogen (secondary N) is 3. The average molecular weight is 397 g/mol. The minimum atomic E-state index is -1.84. The summed E-state index contributed by atoms with van der Waals surface area (Å²) in [4.78, 5) is 63.4. The smallest absolute Gasteiger partial charge is 0.328 e. The molecule has 1 aromatic heterocycles. The second-order valence-corrected chi connectivity index (χ2v) is 6.43. The van der Waals surface area contributed by atoms with Crippen molar-refractivity contribution in [3.05, 3.63) is 70.0 Å². The van der Waals surface area contributed by atoms with Crippen molar-refractivity contribution >= 4 is 29.4 Å². The van der Waals surface area contributed by atoms with Gasteiger partial charge in [0.2, 0.25) is 11.8 Å². The number of pyridine rings is 1. The van der Waals surface area contributed by atoms with Gasteiger partial charge in [-0.25, -0.2) is 4.79 Å². The molecule has 3 N–H and O–H groups in total. The average Bonchev–Trinajstić information content (AvgIpc) is 2.70. The molecule has 0 spiro atoms. The van der Waals surface area contributed by atoms with E-state index in [1.54, 1.807) is 0 Å². The highest BCUT2D eigenvalue weighted by Crippen LogP contribution is 2.36. The SMILES string of the molecule is CC1(C(NC(=O)c2ccc([N+](=O)[O-])cc2)c2ccncc2)C(=O)NC(=O)NC1=O. The third kappa shape index (κ3) is 3.65. The first-order valence-corrected chi connectivity index (χ1v) is 8.35. The van der Waals surface area contributed by atoms with Gasteiger partial charge in [-0.05, 0) is 36.8 Å². The molecule has 5 amide bonds. The molecule has 11 heteroatoms. The zero-order valence-electron chi connectivity index (χ0n) is 15.0. The number of hydrogen-bond donors (Lipinski definition) is 3. The van der Waals surface area contributed by atoms with Crippen LogP contribution in [0, 0.1) is 15.5 Å². The highest BCUT2D eigenvalue weighted by molar-refractivity contribution is 6.19. The molecule has 2 aromatic rings. The van der Waals surface area contributed by atoms with Gasteiger partial charge in [-0.2, -0.15) is 0 Å². The predicted octanol–water partition coefficient (Wildman–Crippen LogP) is 0.833. The van der Waals surface area contributed by atoms with Crippen LogP contribution >= 0.6 is 0 Å². The molecule has 1 unspecified atom stereocenters. The topological polar surface area (TPSA) is 160 Å². The summed E-state index contributed by atoms with van der Waals surface area (Å²) in [5, 5.41) is 17.5. The first kappa shape index (κ1) is 19.6. The van der Waals surface area contributed by atoms with Gasteiger partial charge in [0.15, 0.2) is 0 Å². The molecular weight excluding hydrogens is 382 g/mol. The van der Waals surface area contributed by atoms with Gasteiger partial charge in [0.05, 0.1) is 11.0 Å². The number of nitrogens with zero attached hydrogens (tertiary/aromatic N) is 2. The monoisotopic (exact) mass is 397 g/mol. The van der Waals surface area contributed by atoms with Crippen molar-refractivity contribution in [2.75, 3.05) is 0 Å². The van der Waals surface area contributed by atoms with Crippen molar-refractivity contribution in [3.63, 3.8) is 0 Å². The highest BCUT2D eigenvalue weighted by Gasteiger charge is 2.53. The zero-order valence-corrected chi connectivity index (χ0v) is 15.0. The molecule has 1 aliphatic rings. The summed E-state index contributed by atoms with van der Waals surface area (Å²) in [7, 11) is 0. The number of non-ortho nitro benzene ring substituents is 1. The normalized spacial score (nSPS) is 16.4. The molecule has 1 fully saturated rings. The van der Waals surface area contributed by atoms with Gasteiger partial charge >= 0.3 is 6.03 Å². The first-order chi connectivity index (χ1) is 13.7. The summed E-state index contributed by atoms with van der Waals surface area (Å²) in [6.07, 6.45) is 2.85. The number of nitro benzene ring substituents is 1. The van der Waals surface area contributed by atoms with Crippen LogP contribution in [0.15, 0.2) is 48.8 Å². The van der Waals surface area contributed by atoms with Crippen LogP contribution in [0.3, 0.4) is 0 Å². The second-order valence-electron chi connectivity index (χ2n) is 6.43. The lowest BCUT2D eigenvalue weighted by atomic mass is 9.76. The van der Waals surface area contributed by atoms with Crippen LogP contribution in [0.5, 0.6) is 0 Å². The van der Waals surface area contributed by atoms with Crippen molar-refractivity contribution in [1.29, 1.82) is 0 Å². The Hall–Kier alpha value is -4.15. The maximum atomic E-state index is 12.7. The number of imide groups is 2. The van der Waals surface area contributed by atoms with Crippen LogP contribution < -0.4 is 16.0 Å². The molecule has 3 rings (SSSR count). The molecule has 0 aliphatic carbocycles. The van der Waals surface area contributed by atoms with E-state index in [0.717, 1.165) is 12.1 Å². The number of hydrogen-bond acceptors (Lipinski definition) is 7. The second kappa shape index (κ2) is 7.46. The maximum Gasteiger partial charge on any atom is 0.328 e. The Kier molecular flexibility index (Phi) is 5.05. The molecule has 1 atom stereocenters. The van der Waals surface area contributed by atoms with E-state index in [1.807, 2.05) is 10.6 Å². The van der Waals surface area contributed by atoms with Crippen molar-refractivity contribution in [2.45, 2.75) is 13.0 Å². The Morgan fingerprint density at radius 2 is 1.62 bits per heavy atom. The lowest BCUT2D eigenvalue weighted by Gasteiger charge is -2.37. The van der Waals surface area contributed by atoms with Gasteiger partial charge in [0.25, 0.3) is 11.6 Å². The molecule has 1 aliphatic heterocycles. The Bertz CT molecular complexity index is 985. The number of carbonyl (C=O) groups is 4. The van der Waals surface area contributed by atoms with E-state index in [0.29, 0.717) is 5.56 Å². The Balaban J connectivity index is 1.98. The molecular formula is C18H15N5O6. The predicted molar refractivity (Wildman–Crippen MR) is 97.3 cm³/mol. The summed E-state index contributed by atoms with van der Waals surface area (Å²) in [5.41, 5.74) is -1.54.